The Morgan fingerprint density at radius 2 is 1.77 bits per heavy atom. The highest BCUT2D eigenvalue weighted by Crippen LogP contribution is 2.41. The molecule has 1 aliphatic heterocycles. The molecule has 0 radical (unpaired) electrons. The number of benzene rings is 2. The van der Waals surface area contributed by atoms with Gasteiger partial charge in [0.25, 0.3) is 11.6 Å². The van der Waals surface area contributed by atoms with Crippen molar-refractivity contribution in [1.82, 2.24) is 4.90 Å². The van der Waals surface area contributed by atoms with Gasteiger partial charge in [0.2, 0.25) is 0 Å². The Morgan fingerprint density at radius 3 is 2.23 bits per heavy atom. The maximum atomic E-state index is 12.9. The first-order chi connectivity index (χ1) is 14.4. The molecule has 0 saturated heterocycles. The molecule has 1 aliphatic rings. The van der Waals surface area contributed by atoms with Gasteiger partial charge >= 0.3 is 0 Å². The van der Waals surface area contributed by atoms with Crippen LogP contribution >= 0.6 is 11.6 Å². The first kappa shape index (κ1) is 21.4. The lowest BCUT2D eigenvalue weighted by Gasteiger charge is -2.28. The van der Waals surface area contributed by atoms with E-state index in [0.717, 1.165) is 11.1 Å². The number of carbonyl (C=O) groups excluding carboxylic acids is 1. The van der Waals surface area contributed by atoms with Gasteiger partial charge in [0.1, 0.15) is 17.2 Å². The van der Waals surface area contributed by atoms with E-state index in [2.05, 4.69) is 0 Å². The maximum Gasteiger partial charge on any atom is 0.270 e. The Labute approximate surface area is 178 Å². The van der Waals surface area contributed by atoms with Crippen LogP contribution in [0.15, 0.2) is 36.4 Å². The van der Waals surface area contributed by atoms with E-state index < -0.39 is 4.92 Å². The second-order valence-electron chi connectivity index (χ2n) is 6.56. The fourth-order valence-electron chi connectivity index (χ4n) is 3.36. The molecular formula is C21H21ClN2O6. The predicted octanol–water partition coefficient (Wildman–Crippen LogP) is 4.20. The van der Waals surface area contributed by atoms with Crippen molar-refractivity contribution in [2.45, 2.75) is 6.42 Å². The summed E-state index contributed by atoms with van der Waals surface area (Å²) in [4.78, 5) is 24.8. The lowest BCUT2D eigenvalue weighted by Crippen LogP contribution is -2.34. The van der Waals surface area contributed by atoms with Gasteiger partial charge in [0.15, 0.2) is 0 Å². The summed E-state index contributed by atoms with van der Waals surface area (Å²) in [6.45, 7) is 0.816. The lowest BCUT2D eigenvalue weighted by atomic mass is 9.96. The minimum absolute atomic E-state index is 0.0578. The number of carbonyl (C=O) groups is 1. The van der Waals surface area contributed by atoms with Crippen LogP contribution in [0.25, 0.3) is 5.57 Å². The van der Waals surface area contributed by atoms with Crippen LogP contribution in [0.1, 0.15) is 22.3 Å². The van der Waals surface area contributed by atoms with Crippen molar-refractivity contribution in [3.63, 3.8) is 0 Å². The van der Waals surface area contributed by atoms with Gasteiger partial charge in [-0.25, -0.2) is 0 Å². The van der Waals surface area contributed by atoms with E-state index in [4.69, 9.17) is 25.8 Å². The van der Waals surface area contributed by atoms with Crippen LogP contribution in [0.3, 0.4) is 0 Å². The molecule has 30 heavy (non-hydrogen) atoms. The van der Waals surface area contributed by atoms with Gasteiger partial charge in [-0.1, -0.05) is 17.7 Å². The van der Waals surface area contributed by atoms with Crippen molar-refractivity contribution in [2.75, 3.05) is 34.4 Å². The number of halogens is 1. The van der Waals surface area contributed by atoms with E-state index in [1.807, 2.05) is 6.08 Å². The molecular weight excluding hydrogens is 412 g/mol. The highest BCUT2D eigenvalue weighted by atomic mass is 35.5. The molecule has 9 heteroatoms. The van der Waals surface area contributed by atoms with Crippen molar-refractivity contribution >= 4 is 28.8 Å². The van der Waals surface area contributed by atoms with Gasteiger partial charge in [-0.05, 0) is 18.1 Å². The summed E-state index contributed by atoms with van der Waals surface area (Å²) in [7, 11) is 4.72. The standard InChI is InChI=1S/C21H21ClN2O6/c1-28-15-11-18(29-2)20(19(12-15)30-3)13-6-8-23(9-7-13)21(25)16-5-4-14(24(26)27)10-17(16)22/h4-6,10-12H,7-9H2,1-3H3. The summed E-state index contributed by atoms with van der Waals surface area (Å²) in [5.41, 5.74) is 1.89. The zero-order valence-corrected chi connectivity index (χ0v) is 17.6. The number of ether oxygens (including phenoxy) is 3. The normalized spacial score (nSPS) is 13.5. The lowest BCUT2D eigenvalue weighted by molar-refractivity contribution is -0.384. The highest BCUT2D eigenvalue weighted by Gasteiger charge is 2.25. The topological polar surface area (TPSA) is 91.1 Å². The van der Waals surface area contributed by atoms with E-state index in [1.165, 1.54) is 18.2 Å². The molecule has 0 aliphatic carbocycles. The molecule has 0 unspecified atom stereocenters. The van der Waals surface area contributed by atoms with Crippen molar-refractivity contribution < 1.29 is 23.9 Å². The smallest absolute Gasteiger partial charge is 0.270 e. The molecule has 8 nitrogen and oxygen atoms in total. The molecule has 0 saturated carbocycles. The predicted molar refractivity (Wildman–Crippen MR) is 113 cm³/mol. The number of nitrogens with zero attached hydrogens (tertiary/aromatic N) is 2. The van der Waals surface area contributed by atoms with Crippen molar-refractivity contribution in [3.05, 3.63) is 62.7 Å². The fraction of sp³-hybridized carbons (Fsp3) is 0.286. The van der Waals surface area contributed by atoms with Gasteiger partial charge in [-0.15, -0.1) is 0 Å². The van der Waals surface area contributed by atoms with E-state index in [-0.39, 0.29) is 22.2 Å². The van der Waals surface area contributed by atoms with Crippen molar-refractivity contribution in [3.8, 4) is 17.2 Å². The van der Waals surface area contributed by atoms with Crippen LogP contribution < -0.4 is 14.2 Å². The van der Waals surface area contributed by atoms with Crippen LogP contribution in [0.2, 0.25) is 5.02 Å². The largest absolute Gasteiger partial charge is 0.496 e. The van der Waals surface area contributed by atoms with E-state index in [9.17, 15) is 14.9 Å². The SMILES string of the molecule is COc1cc(OC)c(C2=CCN(C(=O)c3ccc([N+](=O)[O-])cc3Cl)CC2)c(OC)c1. The Kier molecular flexibility index (Phi) is 6.47. The fourth-order valence-corrected chi connectivity index (χ4v) is 3.62. The molecule has 0 aromatic heterocycles. The molecule has 0 atom stereocenters. The third-order valence-corrected chi connectivity index (χ3v) is 5.24. The summed E-state index contributed by atoms with van der Waals surface area (Å²) < 4.78 is 16.3. The summed E-state index contributed by atoms with van der Waals surface area (Å²) >= 11 is 6.11. The molecule has 158 valence electrons. The zero-order chi connectivity index (χ0) is 21.8. The van der Waals surface area contributed by atoms with Crippen LogP contribution in [-0.4, -0.2) is 50.1 Å². The average Bonchev–Trinajstić information content (AvgIpc) is 2.77. The number of nitro groups is 1. The Hall–Kier alpha value is -3.26. The second-order valence-corrected chi connectivity index (χ2v) is 6.97. The Balaban J connectivity index is 1.85. The maximum absolute atomic E-state index is 12.9. The third kappa shape index (κ3) is 4.18. The molecule has 2 aromatic rings. The Morgan fingerprint density at radius 1 is 1.10 bits per heavy atom. The summed E-state index contributed by atoms with van der Waals surface area (Å²) in [5.74, 6) is 1.58. The number of non-ortho nitro benzene ring substituents is 1. The average molecular weight is 433 g/mol. The number of nitro benzene ring substituents is 1. The molecule has 3 rings (SSSR count). The summed E-state index contributed by atoms with van der Waals surface area (Å²) in [6.07, 6.45) is 2.52. The number of rotatable bonds is 6. The van der Waals surface area contributed by atoms with Gasteiger partial charge in [-0.3, -0.25) is 14.9 Å². The van der Waals surface area contributed by atoms with Crippen molar-refractivity contribution in [1.29, 1.82) is 0 Å². The molecule has 0 N–H and O–H groups in total. The second kappa shape index (κ2) is 9.04. The molecule has 2 aromatic carbocycles. The summed E-state index contributed by atoms with van der Waals surface area (Å²) in [6, 6.07) is 7.42. The Bertz CT molecular complexity index is 996. The van der Waals surface area contributed by atoms with Crippen molar-refractivity contribution in [2.24, 2.45) is 0 Å². The summed E-state index contributed by atoms with van der Waals surface area (Å²) in [5, 5.41) is 10.9. The van der Waals surface area contributed by atoms with E-state index in [1.54, 1.807) is 38.4 Å². The molecule has 0 fully saturated rings. The first-order valence-corrected chi connectivity index (χ1v) is 9.50. The van der Waals surface area contributed by atoms with E-state index in [0.29, 0.717) is 36.8 Å². The van der Waals surface area contributed by atoms with Gasteiger partial charge in [0, 0.05) is 37.4 Å². The number of amides is 1. The van der Waals surface area contributed by atoms with Gasteiger partial charge in [-0.2, -0.15) is 0 Å². The molecule has 1 amide bonds. The molecule has 1 heterocycles. The van der Waals surface area contributed by atoms with Crippen LogP contribution in [-0.2, 0) is 0 Å². The van der Waals surface area contributed by atoms with Crippen LogP contribution in [0.4, 0.5) is 5.69 Å². The van der Waals surface area contributed by atoms with Crippen LogP contribution in [0.5, 0.6) is 17.2 Å². The minimum Gasteiger partial charge on any atom is -0.496 e. The number of hydrogen-bond acceptors (Lipinski definition) is 6. The monoisotopic (exact) mass is 432 g/mol. The quantitative estimate of drug-likeness (QED) is 0.501. The first-order valence-electron chi connectivity index (χ1n) is 9.12. The van der Waals surface area contributed by atoms with Crippen LogP contribution in [0, 0.1) is 10.1 Å². The molecule has 0 bridgehead atoms. The highest BCUT2D eigenvalue weighted by molar-refractivity contribution is 6.34. The minimum atomic E-state index is -0.550. The van der Waals surface area contributed by atoms with E-state index >= 15 is 0 Å². The molecule has 0 spiro atoms. The number of hydrogen-bond donors (Lipinski definition) is 0. The van der Waals surface area contributed by atoms with Gasteiger partial charge < -0.3 is 19.1 Å². The number of methoxy groups -OCH3 is 3. The third-order valence-electron chi connectivity index (χ3n) is 4.93. The van der Waals surface area contributed by atoms with Gasteiger partial charge in [0.05, 0.1) is 42.4 Å². The zero-order valence-electron chi connectivity index (χ0n) is 16.8.